The number of methoxy groups -OCH3 is 1. The van der Waals surface area contributed by atoms with Crippen molar-refractivity contribution in [3.05, 3.63) is 87.4 Å². The van der Waals surface area contributed by atoms with Crippen LogP contribution in [0.15, 0.2) is 70.2 Å². The third-order valence-electron chi connectivity index (χ3n) is 4.54. The number of hydrazone groups is 1. The van der Waals surface area contributed by atoms with E-state index in [4.69, 9.17) is 14.2 Å². The first kappa shape index (κ1) is 24.0. The molecule has 3 aromatic carbocycles. The number of esters is 1. The van der Waals surface area contributed by atoms with Gasteiger partial charge in [-0.15, -0.1) is 0 Å². The molecule has 0 aromatic heterocycles. The Bertz CT molecular complexity index is 1190. The SMILES string of the molecule is COc1cc(/C=N\NC(=O)COc2ccc(C)cc2C)ccc1OC(=O)c1cccc(Br)c1. The summed E-state index contributed by atoms with van der Waals surface area (Å²) in [6.45, 7) is 3.76. The summed E-state index contributed by atoms with van der Waals surface area (Å²) >= 11 is 3.33. The fourth-order valence-corrected chi connectivity index (χ4v) is 3.34. The van der Waals surface area contributed by atoms with Crippen LogP contribution in [0.3, 0.4) is 0 Å². The highest BCUT2D eigenvalue weighted by atomic mass is 79.9. The van der Waals surface area contributed by atoms with Crippen LogP contribution in [0.5, 0.6) is 17.2 Å². The Balaban J connectivity index is 1.57. The first-order valence-electron chi connectivity index (χ1n) is 10.0. The van der Waals surface area contributed by atoms with Crippen LogP contribution in [0.4, 0.5) is 0 Å². The molecular weight excluding hydrogens is 488 g/mol. The predicted octanol–water partition coefficient (Wildman–Crippen LogP) is 4.82. The molecule has 3 aromatic rings. The Morgan fingerprint density at radius 3 is 2.52 bits per heavy atom. The van der Waals surface area contributed by atoms with Crippen molar-refractivity contribution >= 4 is 34.0 Å². The molecule has 8 heteroatoms. The van der Waals surface area contributed by atoms with Gasteiger partial charge in [0.05, 0.1) is 18.9 Å². The van der Waals surface area contributed by atoms with E-state index in [1.165, 1.54) is 13.3 Å². The molecule has 0 aliphatic rings. The molecule has 0 fully saturated rings. The van der Waals surface area contributed by atoms with Gasteiger partial charge in [0.2, 0.25) is 0 Å². The van der Waals surface area contributed by atoms with Crippen LogP contribution in [0.2, 0.25) is 0 Å². The lowest BCUT2D eigenvalue weighted by atomic mass is 10.1. The molecule has 7 nitrogen and oxygen atoms in total. The number of carbonyl (C=O) groups excluding carboxylic acids is 2. The van der Waals surface area contributed by atoms with Crippen molar-refractivity contribution in [1.82, 2.24) is 5.43 Å². The van der Waals surface area contributed by atoms with Gasteiger partial charge in [0, 0.05) is 4.47 Å². The second kappa shape index (κ2) is 11.3. The van der Waals surface area contributed by atoms with Crippen molar-refractivity contribution in [2.45, 2.75) is 13.8 Å². The van der Waals surface area contributed by atoms with Gasteiger partial charge in [0.1, 0.15) is 5.75 Å². The molecule has 33 heavy (non-hydrogen) atoms. The first-order valence-corrected chi connectivity index (χ1v) is 10.8. The van der Waals surface area contributed by atoms with E-state index in [9.17, 15) is 9.59 Å². The number of ether oxygens (including phenoxy) is 3. The number of hydrogen-bond acceptors (Lipinski definition) is 6. The average molecular weight is 511 g/mol. The van der Waals surface area contributed by atoms with Crippen molar-refractivity contribution in [2.24, 2.45) is 5.10 Å². The van der Waals surface area contributed by atoms with Crippen LogP contribution >= 0.6 is 15.9 Å². The number of amides is 1. The number of nitrogens with one attached hydrogen (secondary N) is 1. The fourth-order valence-electron chi connectivity index (χ4n) is 2.94. The zero-order chi connectivity index (χ0) is 23.8. The zero-order valence-corrected chi connectivity index (χ0v) is 20.0. The van der Waals surface area contributed by atoms with Crippen molar-refractivity contribution in [2.75, 3.05) is 13.7 Å². The number of nitrogens with zero attached hydrogens (tertiary/aromatic N) is 1. The van der Waals surface area contributed by atoms with Crippen molar-refractivity contribution in [1.29, 1.82) is 0 Å². The van der Waals surface area contributed by atoms with Gasteiger partial charge < -0.3 is 14.2 Å². The standard InChI is InChI=1S/C25H23BrN2O5/c1-16-7-9-21(17(2)11-16)32-15-24(29)28-27-14-18-8-10-22(23(12-18)31-3)33-25(30)19-5-4-6-20(26)13-19/h4-14H,15H2,1-3H3,(H,28,29)/b27-14-. The number of halogens is 1. The minimum Gasteiger partial charge on any atom is -0.493 e. The smallest absolute Gasteiger partial charge is 0.343 e. The van der Waals surface area contributed by atoms with E-state index in [1.807, 2.05) is 38.1 Å². The van der Waals surface area contributed by atoms with Gasteiger partial charge in [-0.1, -0.05) is 39.7 Å². The summed E-state index contributed by atoms with van der Waals surface area (Å²) in [7, 11) is 1.47. The van der Waals surface area contributed by atoms with Gasteiger partial charge in [-0.05, 0) is 67.4 Å². The van der Waals surface area contributed by atoms with Crippen LogP contribution in [0.25, 0.3) is 0 Å². The molecule has 0 spiro atoms. The Morgan fingerprint density at radius 2 is 1.79 bits per heavy atom. The van der Waals surface area contributed by atoms with E-state index < -0.39 is 11.9 Å². The maximum absolute atomic E-state index is 12.4. The zero-order valence-electron chi connectivity index (χ0n) is 18.4. The van der Waals surface area contributed by atoms with Crippen LogP contribution in [-0.4, -0.2) is 31.8 Å². The number of benzene rings is 3. The molecule has 1 amide bonds. The maximum atomic E-state index is 12.4. The van der Waals surface area contributed by atoms with Crippen molar-refractivity contribution in [3.8, 4) is 17.2 Å². The topological polar surface area (TPSA) is 86.2 Å². The van der Waals surface area contributed by atoms with Crippen LogP contribution < -0.4 is 19.6 Å². The van der Waals surface area contributed by atoms with E-state index in [0.29, 0.717) is 22.6 Å². The minimum absolute atomic E-state index is 0.158. The molecule has 0 aliphatic heterocycles. The highest BCUT2D eigenvalue weighted by Crippen LogP contribution is 2.28. The molecule has 0 aliphatic carbocycles. The lowest BCUT2D eigenvalue weighted by Crippen LogP contribution is -2.24. The van der Waals surface area contributed by atoms with E-state index in [-0.39, 0.29) is 12.4 Å². The summed E-state index contributed by atoms with van der Waals surface area (Å²) in [6, 6.07) is 17.6. The molecule has 0 radical (unpaired) electrons. The molecule has 3 rings (SSSR count). The summed E-state index contributed by atoms with van der Waals surface area (Å²) in [5.74, 6) is 0.375. The molecule has 0 atom stereocenters. The van der Waals surface area contributed by atoms with Gasteiger partial charge in [0.25, 0.3) is 5.91 Å². The van der Waals surface area contributed by atoms with Gasteiger partial charge in [0.15, 0.2) is 18.1 Å². The highest BCUT2D eigenvalue weighted by Gasteiger charge is 2.13. The van der Waals surface area contributed by atoms with Crippen molar-refractivity contribution in [3.63, 3.8) is 0 Å². The predicted molar refractivity (Wildman–Crippen MR) is 129 cm³/mol. The normalized spacial score (nSPS) is 10.7. The van der Waals surface area contributed by atoms with Crippen molar-refractivity contribution < 1.29 is 23.8 Å². The lowest BCUT2D eigenvalue weighted by Gasteiger charge is -2.10. The van der Waals surface area contributed by atoms with E-state index in [2.05, 4.69) is 26.5 Å². The lowest BCUT2D eigenvalue weighted by molar-refractivity contribution is -0.123. The molecule has 1 N–H and O–H groups in total. The third kappa shape index (κ3) is 6.92. The Kier molecular flexibility index (Phi) is 8.21. The quantitative estimate of drug-likeness (QED) is 0.203. The van der Waals surface area contributed by atoms with E-state index >= 15 is 0 Å². The van der Waals surface area contributed by atoms with Crippen LogP contribution in [0, 0.1) is 13.8 Å². The Hall–Kier alpha value is -3.65. The van der Waals surface area contributed by atoms with Gasteiger partial charge in [-0.2, -0.15) is 5.10 Å². The second-order valence-corrected chi connectivity index (χ2v) is 8.08. The van der Waals surface area contributed by atoms with E-state index in [1.54, 1.807) is 36.4 Å². The molecule has 0 heterocycles. The van der Waals surface area contributed by atoms with Gasteiger partial charge in [-0.25, -0.2) is 10.2 Å². The summed E-state index contributed by atoms with van der Waals surface area (Å²) in [4.78, 5) is 24.4. The van der Waals surface area contributed by atoms with E-state index in [0.717, 1.165) is 15.6 Å². The summed E-state index contributed by atoms with van der Waals surface area (Å²) in [6.07, 6.45) is 1.46. The summed E-state index contributed by atoms with van der Waals surface area (Å²) < 4.78 is 17.1. The van der Waals surface area contributed by atoms with Crippen LogP contribution in [-0.2, 0) is 4.79 Å². The molecule has 0 saturated heterocycles. The Morgan fingerprint density at radius 1 is 1.00 bits per heavy atom. The highest BCUT2D eigenvalue weighted by molar-refractivity contribution is 9.10. The second-order valence-electron chi connectivity index (χ2n) is 7.16. The third-order valence-corrected chi connectivity index (χ3v) is 5.04. The molecule has 170 valence electrons. The molecule has 0 saturated carbocycles. The fraction of sp³-hybridized carbons (Fsp3) is 0.160. The number of aryl methyl sites for hydroxylation is 2. The number of hydrogen-bond donors (Lipinski definition) is 1. The number of rotatable bonds is 8. The summed E-state index contributed by atoms with van der Waals surface area (Å²) in [5, 5.41) is 3.94. The Labute approximate surface area is 200 Å². The monoisotopic (exact) mass is 510 g/mol. The molecular formula is C25H23BrN2O5. The van der Waals surface area contributed by atoms with Gasteiger partial charge >= 0.3 is 5.97 Å². The van der Waals surface area contributed by atoms with Crippen LogP contribution in [0.1, 0.15) is 27.0 Å². The summed E-state index contributed by atoms with van der Waals surface area (Å²) in [5.41, 5.74) is 5.55. The first-order chi connectivity index (χ1) is 15.9. The average Bonchev–Trinajstić information content (AvgIpc) is 2.79. The minimum atomic E-state index is -0.507. The number of carbonyl (C=O) groups is 2. The largest absolute Gasteiger partial charge is 0.493 e. The van der Waals surface area contributed by atoms with Gasteiger partial charge in [-0.3, -0.25) is 4.79 Å². The molecule has 0 bridgehead atoms. The molecule has 0 unspecified atom stereocenters. The maximum Gasteiger partial charge on any atom is 0.343 e.